The SMILES string of the molecule is Nc1cc(-c2ccc(OCc3ccccc3)nc2)ccc1OCc1ccccc1. The highest BCUT2D eigenvalue weighted by Crippen LogP contribution is 2.29. The second-order valence-corrected chi connectivity index (χ2v) is 6.69. The molecule has 29 heavy (non-hydrogen) atoms. The van der Waals surface area contributed by atoms with Crippen molar-refractivity contribution in [2.75, 3.05) is 5.73 Å². The fraction of sp³-hybridized carbons (Fsp3) is 0.0800. The Hall–Kier alpha value is -3.79. The number of ether oxygens (including phenoxy) is 2. The number of nitrogens with two attached hydrogens (primary N) is 1. The molecule has 0 aliphatic rings. The van der Waals surface area contributed by atoms with E-state index in [0.717, 1.165) is 22.3 Å². The molecule has 2 N–H and O–H groups in total. The highest BCUT2D eigenvalue weighted by Gasteiger charge is 2.06. The molecule has 0 fully saturated rings. The van der Waals surface area contributed by atoms with E-state index in [9.17, 15) is 0 Å². The maximum atomic E-state index is 6.19. The van der Waals surface area contributed by atoms with Crippen molar-refractivity contribution in [3.8, 4) is 22.8 Å². The lowest BCUT2D eigenvalue weighted by Crippen LogP contribution is -1.99. The van der Waals surface area contributed by atoms with E-state index in [-0.39, 0.29) is 0 Å². The molecule has 3 aromatic carbocycles. The summed E-state index contributed by atoms with van der Waals surface area (Å²) in [5.41, 5.74) is 11.0. The van der Waals surface area contributed by atoms with Crippen molar-refractivity contribution in [1.29, 1.82) is 0 Å². The molecule has 0 spiro atoms. The highest BCUT2D eigenvalue weighted by atomic mass is 16.5. The molecular formula is C25H22N2O2. The third-order valence-electron chi connectivity index (χ3n) is 4.55. The number of pyridine rings is 1. The van der Waals surface area contributed by atoms with Crippen molar-refractivity contribution >= 4 is 5.69 Å². The summed E-state index contributed by atoms with van der Waals surface area (Å²) in [5.74, 6) is 1.27. The van der Waals surface area contributed by atoms with Crippen molar-refractivity contribution in [1.82, 2.24) is 4.98 Å². The van der Waals surface area contributed by atoms with Crippen LogP contribution in [0.4, 0.5) is 5.69 Å². The third-order valence-corrected chi connectivity index (χ3v) is 4.55. The molecule has 0 bridgehead atoms. The van der Waals surface area contributed by atoms with E-state index < -0.39 is 0 Å². The first kappa shape index (κ1) is 18.6. The van der Waals surface area contributed by atoms with Gasteiger partial charge in [0, 0.05) is 17.8 Å². The minimum absolute atomic E-state index is 0.486. The number of nitrogens with zero attached hydrogens (tertiary/aromatic N) is 1. The summed E-state index contributed by atoms with van der Waals surface area (Å²) < 4.78 is 11.6. The van der Waals surface area contributed by atoms with Gasteiger partial charge >= 0.3 is 0 Å². The zero-order valence-electron chi connectivity index (χ0n) is 16.0. The number of hydrogen-bond acceptors (Lipinski definition) is 4. The van der Waals surface area contributed by atoms with Gasteiger partial charge in [-0.05, 0) is 34.9 Å². The number of anilines is 1. The highest BCUT2D eigenvalue weighted by molar-refractivity contribution is 5.70. The largest absolute Gasteiger partial charge is 0.487 e. The fourth-order valence-corrected chi connectivity index (χ4v) is 2.96. The summed E-state index contributed by atoms with van der Waals surface area (Å²) in [4.78, 5) is 4.40. The van der Waals surface area contributed by atoms with Crippen LogP contribution >= 0.6 is 0 Å². The first-order chi connectivity index (χ1) is 14.3. The van der Waals surface area contributed by atoms with Crippen molar-refractivity contribution in [3.05, 3.63) is 108 Å². The monoisotopic (exact) mass is 382 g/mol. The van der Waals surface area contributed by atoms with Gasteiger partial charge in [-0.3, -0.25) is 0 Å². The average Bonchev–Trinajstić information content (AvgIpc) is 2.78. The van der Waals surface area contributed by atoms with E-state index in [4.69, 9.17) is 15.2 Å². The fourth-order valence-electron chi connectivity index (χ4n) is 2.96. The smallest absolute Gasteiger partial charge is 0.213 e. The summed E-state index contributed by atoms with van der Waals surface area (Å²) in [7, 11) is 0. The molecule has 144 valence electrons. The molecule has 4 rings (SSSR count). The zero-order chi connectivity index (χ0) is 19.9. The standard InChI is InChI=1S/C25H22N2O2/c26-23-15-21(11-13-24(23)28-17-19-7-3-1-4-8-19)22-12-14-25(27-16-22)29-18-20-9-5-2-6-10-20/h1-16H,17-18,26H2. The van der Waals surface area contributed by atoms with E-state index in [2.05, 4.69) is 4.98 Å². The molecule has 1 heterocycles. The molecule has 0 aliphatic carbocycles. The predicted octanol–water partition coefficient (Wildman–Crippen LogP) is 5.49. The van der Waals surface area contributed by atoms with Crippen LogP contribution < -0.4 is 15.2 Å². The summed E-state index contributed by atoms with van der Waals surface area (Å²) in [6.07, 6.45) is 1.79. The summed E-state index contributed by atoms with van der Waals surface area (Å²) in [6, 6.07) is 29.7. The molecule has 4 nitrogen and oxygen atoms in total. The van der Waals surface area contributed by atoms with Crippen LogP contribution in [0.1, 0.15) is 11.1 Å². The van der Waals surface area contributed by atoms with Crippen molar-refractivity contribution in [2.24, 2.45) is 0 Å². The van der Waals surface area contributed by atoms with Gasteiger partial charge in [0.1, 0.15) is 19.0 Å². The molecular weight excluding hydrogens is 360 g/mol. The summed E-state index contributed by atoms with van der Waals surface area (Å²) in [5, 5.41) is 0. The van der Waals surface area contributed by atoms with Gasteiger partial charge in [-0.15, -0.1) is 0 Å². The Kier molecular flexibility index (Phi) is 5.72. The number of aromatic nitrogens is 1. The molecule has 4 heteroatoms. The van der Waals surface area contributed by atoms with Crippen molar-refractivity contribution in [2.45, 2.75) is 13.2 Å². The zero-order valence-corrected chi connectivity index (χ0v) is 16.0. The average molecular weight is 382 g/mol. The van der Waals surface area contributed by atoms with E-state index in [1.165, 1.54) is 0 Å². The van der Waals surface area contributed by atoms with Crippen LogP contribution in [-0.2, 0) is 13.2 Å². The first-order valence-corrected chi connectivity index (χ1v) is 9.47. The predicted molar refractivity (Wildman–Crippen MR) is 116 cm³/mol. The van der Waals surface area contributed by atoms with Gasteiger partial charge in [-0.2, -0.15) is 0 Å². The summed E-state index contributed by atoms with van der Waals surface area (Å²) in [6.45, 7) is 0.979. The molecule has 1 aromatic heterocycles. The van der Waals surface area contributed by atoms with E-state index in [1.54, 1.807) is 6.20 Å². The minimum Gasteiger partial charge on any atom is -0.487 e. The van der Waals surface area contributed by atoms with E-state index >= 15 is 0 Å². The molecule has 0 unspecified atom stereocenters. The topological polar surface area (TPSA) is 57.4 Å². The van der Waals surface area contributed by atoms with Gasteiger partial charge in [0.2, 0.25) is 5.88 Å². The van der Waals surface area contributed by atoms with E-state index in [0.29, 0.717) is 30.5 Å². The van der Waals surface area contributed by atoms with Gasteiger partial charge in [0.05, 0.1) is 5.69 Å². The molecule has 0 saturated heterocycles. The van der Waals surface area contributed by atoms with Crippen LogP contribution in [0, 0.1) is 0 Å². The Morgan fingerprint density at radius 1 is 0.655 bits per heavy atom. The number of benzene rings is 3. The Balaban J connectivity index is 1.39. The lowest BCUT2D eigenvalue weighted by atomic mass is 10.1. The molecule has 0 amide bonds. The Morgan fingerprint density at radius 3 is 1.86 bits per heavy atom. The molecule has 0 aliphatic heterocycles. The lowest BCUT2D eigenvalue weighted by Gasteiger charge is -2.11. The van der Waals surface area contributed by atoms with Crippen molar-refractivity contribution in [3.63, 3.8) is 0 Å². The Morgan fingerprint density at radius 2 is 1.28 bits per heavy atom. The second-order valence-electron chi connectivity index (χ2n) is 6.69. The molecule has 0 atom stereocenters. The maximum Gasteiger partial charge on any atom is 0.213 e. The summed E-state index contributed by atoms with van der Waals surface area (Å²) >= 11 is 0. The third kappa shape index (κ3) is 4.93. The van der Waals surface area contributed by atoms with Crippen LogP contribution in [0.2, 0.25) is 0 Å². The molecule has 0 saturated carbocycles. The Bertz CT molecular complexity index is 1050. The van der Waals surface area contributed by atoms with E-state index in [1.807, 2.05) is 91.0 Å². The van der Waals surface area contributed by atoms with Gasteiger partial charge in [-0.1, -0.05) is 66.7 Å². The number of nitrogen functional groups attached to an aromatic ring is 1. The minimum atomic E-state index is 0.486. The maximum absolute atomic E-state index is 6.19. The van der Waals surface area contributed by atoms with Gasteiger partial charge < -0.3 is 15.2 Å². The van der Waals surface area contributed by atoms with Crippen molar-refractivity contribution < 1.29 is 9.47 Å². The van der Waals surface area contributed by atoms with Crippen LogP contribution in [-0.4, -0.2) is 4.98 Å². The van der Waals surface area contributed by atoms with Gasteiger partial charge in [-0.25, -0.2) is 4.98 Å². The molecule has 0 radical (unpaired) electrons. The van der Waals surface area contributed by atoms with Gasteiger partial charge in [0.15, 0.2) is 0 Å². The normalized spacial score (nSPS) is 10.5. The lowest BCUT2D eigenvalue weighted by molar-refractivity contribution is 0.294. The first-order valence-electron chi connectivity index (χ1n) is 9.47. The van der Waals surface area contributed by atoms with Crippen LogP contribution in [0.3, 0.4) is 0 Å². The van der Waals surface area contributed by atoms with Gasteiger partial charge in [0.25, 0.3) is 0 Å². The van der Waals surface area contributed by atoms with Crippen LogP contribution in [0.5, 0.6) is 11.6 Å². The van der Waals surface area contributed by atoms with Crippen LogP contribution in [0.25, 0.3) is 11.1 Å². The van der Waals surface area contributed by atoms with Crippen LogP contribution in [0.15, 0.2) is 97.2 Å². The quantitative estimate of drug-likeness (QED) is 0.430. The Labute approximate surface area is 170 Å². The molecule has 4 aromatic rings. The number of rotatable bonds is 7. The second kappa shape index (κ2) is 8.93. The number of hydrogen-bond donors (Lipinski definition) is 1.